The number of hydrogen-bond donors (Lipinski definition) is 4. The summed E-state index contributed by atoms with van der Waals surface area (Å²) in [5.74, 6) is 0.498. The lowest BCUT2D eigenvalue weighted by Crippen LogP contribution is -2.37. The van der Waals surface area contributed by atoms with E-state index in [4.69, 9.17) is 15.2 Å². The standard InChI is InChI=1S/C29H32N4O6S/c1-4-38-26-16-21(7-12-25(26)39-18(2)3)27(32-22-8-11-24-20(15-22)13-14-31-28(24)30)29(35)33-40(36,37)23-9-5-19(17-34)6-10-23/h5-16,18,27,32,34H,4,17H2,1-3H3,(H2,30,31)(H,33,35). The third-order valence-electron chi connectivity index (χ3n) is 5.98. The summed E-state index contributed by atoms with van der Waals surface area (Å²) in [6.45, 7) is 5.74. The van der Waals surface area contributed by atoms with Crippen molar-refractivity contribution in [1.29, 1.82) is 0 Å². The molecule has 0 saturated carbocycles. The molecule has 1 heterocycles. The molecule has 40 heavy (non-hydrogen) atoms. The van der Waals surface area contributed by atoms with Gasteiger partial charge in [-0.05, 0) is 85.8 Å². The highest BCUT2D eigenvalue weighted by Crippen LogP contribution is 2.33. The fourth-order valence-electron chi connectivity index (χ4n) is 4.11. The summed E-state index contributed by atoms with van der Waals surface area (Å²) in [6.07, 6.45) is 1.48. The van der Waals surface area contributed by atoms with Crippen molar-refractivity contribution in [3.63, 3.8) is 0 Å². The van der Waals surface area contributed by atoms with Crippen molar-refractivity contribution in [2.45, 2.75) is 44.4 Å². The number of nitrogens with zero attached hydrogens (tertiary/aromatic N) is 1. The molecular weight excluding hydrogens is 532 g/mol. The molecule has 5 N–H and O–H groups in total. The lowest BCUT2D eigenvalue weighted by atomic mass is 10.0. The van der Waals surface area contributed by atoms with E-state index >= 15 is 0 Å². The van der Waals surface area contributed by atoms with Crippen LogP contribution in [0.1, 0.15) is 37.9 Å². The number of carbonyl (C=O) groups is 1. The van der Waals surface area contributed by atoms with Crippen LogP contribution in [0.3, 0.4) is 0 Å². The number of sulfonamides is 1. The van der Waals surface area contributed by atoms with Crippen LogP contribution in [0.4, 0.5) is 11.5 Å². The number of hydrogen-bond acceptors (Lipinski definition) is 9. The van der Waals surface area contributed by atoms with Crippen LogP contribution in [0.25, 0.3) is 10.8 Å². The first kappa shape index (κ1) is 28.7. The van der Waals surface area contributed by atoms with E-state index in [2.05, 4.69) is 15.0 Å². The number of pyridine rings is 1. The number of aliphatic hydroxyl groups excluding tert-OH is 1. The minimum absolute atomic E-state index is 0.107. The average Bonchev–Trinajstić information content (AvgIpc) is 2.92. The summed E-state index contributed by atoms with van der Waals surface area (Å²) in [7, 11) is -4.22. The minimum atomic E-state index is -4.22. The van der Waals surface area contributed by atoms with Gasteiger partial charge in [0.25, 0.3) is 15.9 Å². The number of amides is 1. The number of anilines is 2. The van der Waals surface area contributed by atoms with E-state index in [0.717, 1.165) is 10.8 Å². The molecule has 4 rings (SSSR count). The number of aromatic nitrogens is 1. The van der Waals surface area contributed by atoms with Crippen LogP contribution in [-0.4, -0.2) is 37.1 Å². The quantitative estimate of drug-likeness (QED) is 0.210. The van der Waals surface area contributed by atoms with E-state index in [0.29, 0.717) is 40.7 Å². The predicted octanol–water partition coefficient (Wildman–Crippen LogP) is 4.15. The number of rotatable bonds is 11. The molecule has 10 nitrogen and oxygen atoms in total. The summed E-state index contributed by atoms with van der Waals surface area (Å²) in [5.41, 5.74) is 7.54. The molecule has 0 aliphatic rings. The van der Waals surface area contributed by atoms with E-state index in [1.807, 2.05) is 20.8 Å². The number of ether oxygens (including phenoxy) is 2. The second-order valence-electron chi connectivity index (χ2n) is 9.29. The first-order valence-electron chi connectivity index (χ1n) is 12.7. The average molecular weight is 565 g/mol. The van der Waals surface area contributed by atoms with Gasteiger partial charge in [0, 0.05) is 17.3 Å². The van der Waals surface area contributed by atoms with Crippen molar-refractivity contribution in [3.05, 3.63) is 84.1 Å². The van der Waals surface area contributed by atoms with Gasteiger partial charge in [0.1, 0.15) is 11.9 Å². The van der Waals surface area contributed by atoms with Crippen LogP contribution >= 0.6 is 0 Å². The second-order valence-corrected chi connectivity index (χ2v) is 11.0. The molecule has 0 radical (unpaired) electrons. The zero-order chi connectivity index (χ0) is 28.9. The Morgan fingerprint density at radius 1 is 1.02 bits per heavy atom. The molecule has 0 fully saturated rings. The maximum absolute atomic E-state index is 13.6. The van der Waals surface area contributed by atoms with E-state index < -0.39 is 22.0 Å². The number of nitrogen functional groups attached to an aromatic ring is 1. The number of nitrogens with one attached hydrogen (secondary N) is 2. The molecule has 1 aromatic heterocycles. The molecule has 1 amide bonds. The molecule has 0 aliphatic heterocycles. The molecule has 0 spiro atoms. The maximum Gasteiger partial charge on any atom is 0.264 e. The van der Waals surface area contributed by atoms with Gasteiger partial charge in [-0.3, -0.25) is 4.79 Å². The van der Waals surface area contributed by atoms with Crippen molar-refractivity contribution < 1.29 is 27.8 Å². The van der Waals surface area contributed by atoms with Crippen molar-refractivity contribution >= 4 is 38.2 Å². The van der Waals surface area contributed by atoms with E-state index in [-0.39, 0.29) is 17.6 Å². The Kier molecular flexibility index (Phi) is 8.76. The third kappa shape index (κ3) is 6.61. The van der Waals surface area contributed by atoms with Crippen LogP contribution < -0.4 is 25.2 Å². The molecular formula is C29H32N4O6S. The third-order valence-corrected chi connectivity index (χ3v) is 7.35. The molecule has 0 saturated heterocycles. The van der Waals surface area contributed by atoms with Crippen LogP contribution in [0.15, 0.2) is 77.8 Å². The molecule has 210 valence electrons. The lowest BCUT2D eigenvalue weighted by Gasteiger charge is -2.22. The van der Waals surface area contributed by atoms with Crippen LogP contribution in [-0.2, 0) is 21.4 Å². The Hall–Kier alpha value is -4.35. The van der Waals surface area contributed by atoms with Gasteiger partial charge in [-0.15, -0.1) is 0 Å². The molecule has 3 aromatic carbocycles. The van der Waals surface area contributed by atoms with Crippen molar-refractivity contribution in [2.75, 3.05) is 17.7 Å². The molecule has 4 aromatic rings. The summed E-state index contributed by atoms with van der Waals surface area (Å²) in [5, 5.41) is 14.0. The molecule has 0 bridgehead atoms. The number of fused-ring (bicyclic) bond motifs is 1. The molecule has 11 heteroatoms. The zero-order valence-corrected chi connectivity index (χ0v) is 23.2. The second kappa shape index (κ2) is 12.2. The van der Waals surface area contributed by atoms with Crippen LogP contribution in [0, 0.1) is 0 Å². The van der Waals surface area contributed by atoms with Crippen molar-refractivity contribution in [2.24, 2.45) is 0 Å². The van der Waals surface area contributed by atoms with Gasteiger partial charge in [-0.25, -0.2) is 18.1 Å². The Bertz CT molecular complexity index is 1610. The van der Waals surface area contributed by atoms with Crippen molar-refractivity contribution in [3.8, 4) is 11.5 Å². The Balaban J connectivity index is 1.73. The Morgan fingerprint density at radius 3 is 2.45 bits per heavy atom. The predicted molar refractivity (Wildman–Crippen MR) is 154 cm³/mol. The fourth-order valence-corrected chi connectivity index (χ4v) is 5.10. The number of nitrogens with two attached hydrogens (primary N) is 1. The Labute approximate surface area is 233 Å². The molecule has 1 unspecified atom stereocenters. The van der Waals surface area contributed by atoms with Gasteiger partial charge >= 0.3 is 0 Å². The highest BCUT2D eigenvalue weighted by molar-refractivity contribution is 7.90. The van der Waals surface area contributed by atoms with Gasteiger partial charge in [-0.1, -0.05) is 18.2 Å². The smallest absolute Gasteiger partial charge is 0.264 e. The van der Waals surface area contributed by atoms with Crippen molar-refractivity contribution in [1.82, 2.24) is 9.71 Å². The number of aliphatic hydroxyl groups is 1. The zero-order valence-electron chi connectivity index (χ0n) is 22.4. The largest absolute Gasteiger partial charge is 0.490 e. The van der Waals surface area contributed by atoms with Gasteiger partial charge < -0.3 is 25.6 Å². The highest BCUT2D eigenvalue weighted by atomic mass is 32.2. The SMILES string of the molecule is CCOc1cc(C(Nc2ccc3c(N)nccc3c2)C(=O)NS(=O)(=O)c2ccc(CO)cc2)ccc1OC(C)C. The fraction of sp³-hybridized carbons (Fsp3) is 0.241. The Morgan fingerprint density at radius 2 is 1.77 bits per heavy atom. The van der Waals surface area contributed by atoms with Gasteiger partial charge in [0.05, 0.1) is 24.2 Å². The summed E-state index contributed by atoms with van der Waals surface area (Å²) >= 11 is 0. The summed E-state index contributed by atoms with van der Waals surface area (Å²) in [6, 6.07) is 16.6. The maximum atomic E-state index is 13.6. The topological polar surface area (TPSA) is 153 Å². The van der Waals surface area contributed by atoms with Gasteiger partial charge in [0.2, 0.25) is 0 Å². The first-order valence-corrected chi connectivity index (χ1v) is 14.2. The summed E-state index contributed by atoms with van der Waals surface area (Å²) in [4.78, 5) is 17.6. The highest BCUT2D eigenvalue weighted by Gasteiger charge is 2.27. The van der Waals surface area contributed by atoms with Gasteiger partial charge in [-0.2, -0.15) is 0 Å². The number of benzene rings is 3. The summed E-state index contributed by atoms with van der Waals surface area (Å²) < 4.78 is 40.0. The normalized spacial score (nSPS) is 12.2. The number of carbonyl (C=O) groups excluding carboxylic acids is 1. The van der Waals surface area contributed by atoms with E-state index in [9.17, 15) is 18.3 Å². The van der Waals surface area contributed by atoms with Crippen LogP contribution in [0.5, 0.6) is 11.5 Å². The molecule has 0 aliphatic carbocycles. The van der Waals surface area contributed by atoms with E-state index in [1.54, 1.807) is 48.7 Å². The first-order chi connectivity index (χ1) is 19.1. The lowest BCUT2D eigenvalue weighted by molar-refractivity contribution is -0.120. The molecule has 1 atom stereocenters. The van der Waals surface area contributed by atoms with Crippen LogP contribution in [0.2, 0.25) is 0 Å². The van der Waals surface area contributed by atoms with E-state index in [1.165, 1.54) is 24.3 Å². The minimum Gasteiger partial charge on any atom is -0.490 e. The van der Waals surface area contributed by atoms with Gasteiger partial charge in [0.15, 0.2) is 11.5 Å². The monoisotopic (exact) mass is 564 g/mol.